The molecule has 0 aliphatic carbocycles. The van der Waals surface area contributed by atoms with Crippen LogP contribution in [0.3, 0.4) is 0 Å². The fourth-order valence-electron chi connectivity index (χ4n) is 1.95. The largest absolute Gasteiger partial charge is 0.343 e. The normalized spacial score (nSPS) is 10.6. The number of aromatic nitrogens is 2. The molecule has 0 bridgehead atoms. The van der Waals surface area contributed by atoms with Crippen LogP contribution in [-0.4, -0.2) is 10.2 Å². The number of aromatic amines is 1. The number of hydrogen-bond donors (Lipinski definition) is 1. The van der Waals surface area contributed by atoms with Gasteiger partial charge in [0.25, 0.3) is 5.56 Å². The third-order valence-corrected chi connectivity index (χ3v) is 3.07. The number of hydrogen-bond acceptors (Lipinski definition) is 2. The number of fused-ring (bicyclic) bond motifs is 1. The summed E-state index contributed by atoms with van der Waals surface area (Å²) in [6.45, 7) is 7.82. The monoisotopic (exact) mass is 317 g/mol. The average Bonchev–Trinajstić information content (AvgIpc) is 2.38. The zero-order valence-corrected chi connectivity index (χ0v) is 13.2. The van der Waals surface area contributed by atoms with E-state index < -0.39 is 0 Å². The zero-order valence-electron chi connectivity index (χ0n) is 10.4. The molecule has 1 radical (unpaired) electrons. The summed E-state index contributed by atoms with van der Waals surface area (Å²) in [4.78, 5) is 11.6. The minimum atomic E-state index is -0.134. The first-order chi connectivity index (χ1) is 8.26. The Bertz CT molecular complexity index is 561. The summed E-state index contributed by atoms with van der Waals surface area (Å²) in [5, 5.41) is 8.33. The first-order valence-corrected chi connectivity index (χ1v) is 5.81. The van der Waals surface area contributed by atoms with Crippen LogP contribution in [0.25, 0.3) is 10.8 Å². The molecular formula is C14H16N2OY-2. The Morgan fingerprint density at radius 2 is 1.78 bits per heavy atom. The third-order valence-electron chi connectivity index (χ3n) is 3.07. The van der Waals surface area contributed by atoms with Gasteiger partial charge in [0.05, 0.1) is 11.1 Å². The van der Waals surface area contributed by atoms with Crippen molar-refractivity contribution >= 4 is 10.8 Å². The molecule has 1 N–H and O–H groups in total. The molecule has 0 amide bonds. The van der Waals surface area contributed by atoms with Gasteiger partial charge in [-0.3, -0.25) is 4.79 Å². The molecule has 1 heterocycles. The fraction of sp³-hybridized carbons (Fsp3) is 0.286. The molecule has 18 heavy (non-hydrogen) atoms. The Morgan fingerprint density at radius 3 is 2.39 bits per heavy atom. The molecular weight excluding hydrogens is 301 g/mol. The predicted octanol–water partition coefficient (Wildman–Crippen LogP) is 2.53. The maximum Gasteiger partial charge on any atom is 0.272 e. The molecule has 0 spiro atoms. The smallest absolute Gasteiger partial charge is 0.272 e. The molecule has 2 rings (SSSR count). The van der Waals surface area contributed by atoms with Crippen molar-refractivity contribution in [1.29, 1.82) is 0 Å². The van der Waals surface area contributed by atoms with Gasteiger partial charge in [0.1, 0.15) is 0 Å². The Morgan fingerprint density at radius 1 is 1.17 bits per heavy atom. The number of benzene rings is 1. The second-order valence-corrected chi connectivity index (χ2v) is 4.19. The molecule has 93 valence electrons. The van der Waals surface area contributed by atoms with Gasteiger partial charge >= 0.3 is 0 Å². The topological polar surface area (TPSA) is 45.8 Å². The van der Waals surface area contributed by atoms with Crippen molar-refractivity contribution in [2.45, 2.75) is 19.3 Å². The van der Waals surface area contributed by atoms with E-state index in [0.29, 0.717) is 11.3 Å². The van der Waals surface area contributed by atoms with Gasteiger partial charge in [-0.2, -0.15) is 17.9 Å². The Kier molecular flexibility index (Phi) is 6.17. The molecule has 0 saturated heterocycles. The molecule has 0 aliphatic heterocycles. The van der Waals surface area contributed by atoms with Crippen LogP contribution in [0.4, 0.5) is 0 Å². The van der Waals surface area contributed by atoms with Crippen molar-refractivity contribution in [2.24, 2.45) is 5.92 Å². The van der Waals surface area contributed by atoms with Crippen molar-refractivity contribution in [3.05, 3.63) is 54.2 Å². The van der Waals surface area contributed by atoms with Crippen molar-refractivity contribution in [1.82, 2.24) is 10.2 Å². The van der Waals surface area contributed by atoms with Crippen molar-refractivity contribution in [3.63, 3.8) is 0 Å². The molecule has 0 unspecified atom stereocenters. The Labute approximate surface area is 132 Å². The summed E-state index contributed by atoms with van der Waals surface area (Å²) < 4.78 is 0. The van der Waals surface area contributed by atoms with Crippen molar-refractivity contribution in [3.8, 4) is 0 Å². The molecule has 0 aliphatic rings. The van der Waals surface area contributed by atoms with Crippen LogP contribution in [0, 0.1) is 19.8 Å². The maximum atomic E-state index is 11.6. The fourth-order valence-corrected chi connectivity index (χ4v) is 1.95. The summed E-state index contributed by atoms with van der Waals surface area (Å²) in [5.41, 5.74) is 0.794. The molecule has 1 aromatic carbocycles. The quantitative estimate of drug-likeness (QED) is 0.881. The maximum absolute atomic E-state index is 11.6. The van der Waals surface area contributed by atoms with Crippen LogP contribution >= 0.6 is 0 Å². The van der Waals surface area contributed by atoms with Gasteiger partial charge < -0.3 is 13.8 Å². The summed E-state index contributed by atoms with van der Waals surface area (Å²) in [5.74, 6) is 0.414. The first kappa shape index (κ1) is 15.5. The number of nitrogens with one attached hydrogen (secondary N) is 1. The van der Waals surface area contributed by atoms with Crippen LogP contribution in [0.2, 0.25) is 0 Å². The minimum absolute atomic E-state index is 0. The number of nitrogens with zero attached hydrogens (tertiary/aromatic N) is 1. The average molecular weight is 317 g/mol. The summed E-state index contributed by atoms with van der Waals surface area (Å²) in [6, 6.07) is 7.55. The van der Waals surface area contributed by atoms with E-state index in [0.717, 1.165) is 30.3 Å². The minimum Gasteiger partial charge on any atom is -0.343 e. The first-order valence-electron chi connectivity index (χ1n) is 5.81. The van der Waals surface area contributed by atoms with Crippen LogP contribution in [-0.2, 0) is 39.1 Å². The van der Waals surface area contributed by atoms with Crippen LogP contribution in [0.1, 0.15) is 18.5 Å². The summed E-state index contributed by atoms with van der Waals surface area (Å²) >= 11 is 0. The van der Waals surface area contributed by atoms with Crippen molar-refractivity contribution < 1.29 is 32.7 Å². The van der Waals surface area contributed by atoms with Gasteiger partial charge in [-0.25, -0.2) is 5.10 Å². The van der Waals surface area contributed by atoms with E-state index >= 15 is 0 Å². The van der Waals surface area contributed by atoms with Gasteiger partial charge in [0.15, 0.2) is 0 Å². The van der Waals surface area contributed by atoms with Crippen LogP contribution in [0.15, 0.2) is 29.1 Å². The summed E-state index contributed by atoms with van der Waals surface area (Å²) in [7, 11) is 0. The van der Waals surface area contributed by atoms with E-state index in [1.54, 1.807) is 0 Å². The zero-order chi connectivity index (χ0) is 12.3. The molecule has 0 atom stereocenters. The molecule has 0 saturated carbocycles. The molecule has 3 nitrogen and oxygen atoms in total. The van der Waals surface area contributed by atoms with Crippen LogP contribution in [0.5, 0.6) is 0 Å². The van der Waals surface area contributed by atoms with Gasteiger partial charge in [-0.15, -0.1) is 0 Å². The predicted molar refractivity (Wildman–Crippen MR) is 69.5 cm³/mol. The van der Waals surface area contributed by atoms with E-state index in [-0.39, 0.29) is 38.3 Å². The van der Waals surface area contributed by atoms with Gasteiger partial charge in [-0.1, -0.05) is 24.1 Å². The Hall–Kier alpha value is -0.536. The number of H-pyrrole nitrogens is 1. The molecule has 4 heteroatoms. The number of rotatable bonds is 4. The van der Waals surface area contributed by atoms with Gasteiger partial charge in [-0.05, 0) is 12.5 Å². The Balaban J connectivity index is 0.00000162. The third kappa shape index (κ3) is 3.27. The van der Waals surface area contributed by atoms with Crippen LogP contribution < -0.4 is 5.56 Å². The van der Waals surface area contributed by atoms with E-state index in [4.69, 9.17) is 0 Å². The van der Waals surface area contributed by atoms with Gasteiger partial charge in [0, 0.05) is 38.1 Å². The molecule has 1 aromatic heterocycles. The molecule has 0 fully saturated rings. The second-order valence-electron chi connectivity index (χ2n) is 4.19. The van der Waals surface area contributed by atoms with E-state index in [9.17, 15) is 4.79 Å². The van der Waals surface area contributed by atoms with Gasteiger partial charge in [0.2, 0.25) is 0 Å². The second kappa shape index (κ2) is 7.15. The van der Waals surface area contributed by atoms with E-state index in [1.165, 1.54) is 0 Å². The SMILES string of the molecule is [CH2-]CC(C[CH2-])Cc1n[nH]c(=O)c2ccccc12.[Y]. The molecule has 2 aromatic rings. The van der Waals surface area contributed by atoms with E-state index in [2.05, 4.69) is 24.0 Å². The summed E-state index contributed by atoms with van der Waals surface area (Å²) in [6.07, 6.45) is 2.47. The van der Waals surface area contributed by atoms with Crippen molar-refractivity contribution in [2.75, 3.05) is 0 Å². The van der Waals surface area contributed by atoms with E-state index in [1.807, 2.05) is 24.3 Å². The standard InChI is InChI=1S/C14H16N2O.Y/c1-3-10(4-2)9-13-11-7-5-6-8-12(11)14(17)16-15-13;/h5-8,10H,1-4,9H2,(H,16,17);/q-2;.